The maximum atomic E-state index is 2.38. The summed E-state index contributed by atoms with van der Waals surface area (Å²) in [7, 11) is -0.0964. The minimum atomic E-state index is -0.0964. The van der Waals surface area contributed by atoms with Crippen LogP contribution in [0, 0.1) is 0 Å². The summed E-state index contributed by atoms with van der Waals surface area (Å²) in [4.78, 5) is 0. The maximum Gasteiger partial charge on any atom is 0.241 e. The summed E-state index contributed by atoms with van der Waals surface area (Å²) in [5, 5.41) is 0. The van der Waals surface area contributed by atoms with E-state index in [9.17, 15) is 0 Å². The zero-order valence-electron chi connectivity index (χ0n) is 25.8. The van der Waals surface area contributed by atoms with Crippen molar-refractivity contribution in [2.24, 2.45) is 0 Å². The first-order chi connectivity index (χ1) is 21.6. The Morgan fingerprint density at radius 3 is 1.09 bits per heavy atom. The van der Waals surface area contributed by atoms with Gasteiger partial charge in [-0.3, -0.25) is 0 Å². The second kappa shape index (κ2) is 13.9. The molecular weight excluding hydrogens is 546 g/mol. The van der Waals surface area contributed by atoms with Crippen LogP contribution in [0.1, 0.15) is 12.5 Å². The minimum Gasteiger partial charge on any atom is -0.109 e. The van der Waals surface area contributed by atoms with Crippen LogP contribution in [0.4, 0.5) is 0 Å². The van der Waals surface area contributed by atoms with Gasteiger partial charge in [0.15, 0.2) is 0 Å². The molecule has 6 aromatic rings. The molecule has 0 nitrogen and oxygen atoms in total. The smallest absolute Gasteiger partial charge is 0.109 e. The standard InChI is InChI=1S/C42H38BP/c1-32(31-44(2)3)42(39-21-19-36(20-22-39)33-13-7-4-8-14-33)43(40-27-23-37(24-28-40)34-15-9-5-10-16-34)41-29-25-38(26-30-41)35-17-11-6-12-18-35/h4-30H,31H2,1-3H3/b42-32-. The molecule has 0 saturated heterocycles. The Hall–Kier alpha value is -4.45. The molecule has 0 N–H and O–H groups in total. The predicted molar refractivity (Wildman–Crippen MR) is 197 cm³/mol. The van der Waals surface area contributed by atoms with Crippen LogP contribution in [0.5, 0.6) is 0 Å². The van der Waals surface area contributed by atoms with Crippen molar-refractivity contribution in [3.63, 3.8) is 0 Å². The van der Waals surface area contributed by atoms with Crippen LogP contribution in [0.3, 0.4) is 0 Å². The van der Waals surface area contributed by atoms with Gasteiger partial charge in [-0.25, -0.2) is 0 Å². The first-order valence-corrected chi connectivity index (χ1v) is 17.8. The highest BCUT2D eigenvalue weighted by Gasteiger charge is 2.27. The Morgan fingerprint density at radius 2 is 0.750 bits per heavy atom. The highest BCUT2D eigenvalue weighted by Crippen LogP contribution is 2.33. The molecule has 0 unspecified atom stereocenters. The second-order valence-electron chi connectivity index (χ2n) is 11.8. The Kier molecular flexibility index (Phi) is 9.35. The molecule has 0 bridgehead atoms. The number of hydrogen-bond donors (Lipinski definition) is 0. The van der Waals surface area contributed by atoms with Crippen molar-refractivity contribution in [3.8, 4) is 33.4 Å². The second-order valence-corrected chi connectivity index (χ2v) is 14.3. The molecule has 0 fully saturated rings. The van der Waals surface area contributed by atoms with Gasteiger partial charge in [-0.05, 0) is 65.4 Å². The van der Waals surface area contributed by atoms with Gasteiger partial charge in [-0.15, -0.1) is 7.92 Å². The SMILES string of the molecule is C/C(CP(C)C)=C(/B(c1ccc(-c2ccccc2)cc1)c1ccc(-c2ccccc2)cc1)c1ccc(-c2ccccc2)cc1. The minimum absolute atomic E-state index is 0.0964. The molecular formula is C42H38BP. The van der Waals surface area contributed by atoms with Crippen molar-refractivity contribution in [1.82, 2.24) is 0 Å². The Labute approximate surface area is 265 Å². The van der Waals surface area contributed by atoms with E-state index in [1.165, 1.54) is 60.9 Å². The van der Waals surface area contributed by atoms with Crippen LogP contribution in [0.25, 0.3) is 38.9 Å². The van der Waals surface area contributed by atoms with E-state index in [1.807, 2.05) is 0 Å². The van der Waals surface area contributed by atoms with Crippen LogP contribution in [-0.4, -0.2) is 26.2 Å². The fourth-order valence-corrected chi connectivity index (χ4v) is 7.33. The molecule has 2 heteroatoms. The fraction of sp³-hybridized carbons (Fsp3) is 0.0952. The van der Waals surface area contributed by atoms with Crippen LogP contribution in [0.2, 0.25) is 0 Å². The molecule has 0 aliphatic heterocycles. The summed E-state index contributed by atoms with van der Waals surface area (Å²) in [5.74, 6) is 0. The molecule has 0 atom stereocenters. The summed E-state index contributed by atoms with van der Waals surface area (Å²) in [6.45, 7) is 7.23. The zero-order valence-corrected chi connectivity index (χ0v) is 26.7. The van der Waals surface area contributed by atoms with Gasteiger partial charge in [-0.1, -0.05) is 186 Å². The molecule has 0 amide bonds. The molecule has 0 radical (unpaired) electrons. The molecule has 0 aliphatic carbocycles. The van der Waals surface area contributed by atoms with Gasteiger partial charge >= 0.3 is 0 Å². The van der Waals surface area contributed by atoms with Gasteiger partial charge in [0.1, 0.15) is 0 Å². The lowest BCUT2D eigenvalue weighted by Crippen LogP contribution is -2.44. The third kappa shape index (κ3) is 6.86. The largest absolute Gasteiger partial charge is 0.241 e. The molecule has 44 heavy (non-hydrogen) atoms. The number of rotatable bonds is 9. The van der Waals surface area contributed by atoms with Crippen molar-refractivity contribution in [2.45, 2.75) is 6.92 Å². The van der Waals surface area contributed by atoms with E-state index >= 15 is 0 Å². The topological polar surface area (TPSA) is 0 Å². The predicted octanol–water partition coefficient (Wildman–Crippen LogP) is 10.1. The van der Waals surface area contributed by atoms with E-state index < -0.39 is 0 Å². The molecule has 0 aromatic heterocycles. The van der Waals surface area contributed by atoms with Crippen molar-refractivity contribution >= 4 is 31.0 Å². The van der Waals surface area contributed by atoms with Gasteiger partial charge in [0.25, 0.3) is 0 Å². The molecule has 0 aliphatic rings. The fourth-order valence-electron chi connectivity index (χ4n) is 6.21. The summed E-state index contributed by atoms with van der Waals surface area (Å²) in [5.41, 5.74) is 14.3. The quantitative estimate of drug-likeness (QED) is 0.117. The summed E-state index contributed by atoms with van der Waals surface area (Å²) in [6.07, 6.45) is 1.12. The highest BCUT2D eigenvalue weighted by atomic mass is 31.1. The molecule has 0 spiro atoms. The van der Waals surface area contributed by atoms with E-state index in [1.54, 1.807) is 0 Å². The van der Waals surface area contributed by atoms with Gasteiger partial charge in [-0.2, -0.15) is 0 Å². The third-order valence-corrected chi connectivity index (χ3v) is 9.41. The van der Waals surface area contributed by atoms with E-state index in [2.05, 4.69) is 184 Å². The zero-order chi connectivity index (χ0) is 30.3. The molecule has 6 rings (SSSR count). The lowest BCUT2D eigenvalue weighted by molar-refractivity contribution is 1.41. The van der Waals surface area contributed by atoms with E-state index in [0.29, 0.717) is 0 Å². The highest BCUT2D eigenvalue weighted by molar-refractivity contribution is 7.56. The van der Waals surface area contributed by atoms with Gasteiger partial charge in [0.05, 0.1) is 0 Å². The number of hydrogen-bond acceptors (Lipinski definition) is 0. The van der Waals surface area contributed by atoms with Gasteiger partial charge < -0.3 is 0 Å². The molecule has 6 aromatic carbocycles. The van der Waals surface area contributed by atoms with Crippen LogP contribution in [0.15, 0.2) is 169 Å². The van der Waals surface area contributed by atoms with Crippen LogP contribution >= 0.6 is 7.92 Å². The van der Waals surface area contributed by atoms with Gasteiger partial charge in [0, 0.05) is 0 Å². The lowest BCUT2D eigenvalue weighted by atomic mass is 9.34. The lowest BCUT2D eigenvalue weighted by Gasteiger charge is -2.24. The summed E-state index contributed by atoms with van der Waals surface area (Å²) in [6, 6.07) is 59.7. The van der Waals surface area contributed by atoms with Crippen molar-refractivity contribution < 1.29 is 0 Å². The molecule has 214 valence electrons. The normalized spacial score (nSPS) is 11.7. The van der Waals surface area contributed by atoms with E-state index in [0.717, 1.165) is 6.16 Å². The first-order valence-electron chi connectivity index (χ1n) is 15.4. The monoisotopic (exact) mass is 584 g/mol. The number of allylic oxidation sites excluding steroid dienone is 1. The average molecular weight is 585 g/mol. The first kappa shape index (κ1) is 29.6. The average Bonchev–Trinajstić information content (AvgIpc) is 3.08. The maximum absolute atomic E-state index is 2.38. The summed E-state index contributed by atoms with van der Waals surface area (Å²) < 4.78 is 0. The molecule has 0 saturated carbocycles. The van der Waals surface area contributed by atoms with Crippen LogP contribution in [-0.2, 0) is 0 Å². The van der Waals surface area contributed by atoms with Crippen molar-refractivity contribution in [3.05, 3.63) is 175 Å². The van der Waals surface area contributed by atoms with Crippen LogP contribution < -0.4 is 10.9 Å². The third-order valence-electron chi connectivity index (χ3n) is 8.31. The Morgan fingerprint density at radius 1 is 0.432 bits per heavy atom. The number of benzene rings is 6. The Balaban J connectivity index is 1.48. The Bertz CT molecular complexity index is 1720. The van der Waals surface area contributed by atoms with Crippen molar-refractivity contribution in [2.75, 3.05) is 19.5 Å². The van der Waals surface area contributed by atoms with Crippen molar-refractivity contribution in [1.29, 1.82) is 0 Å². The van der Waals surface area contributed by atoms with E-state index in [-0.39, 0.29) is 14.6 Å². The van der Waals surface area contributed by atoms with Gasteiger partial charge in [0.2, 0.25) is 6.71 Å². The summed E-state index contributed by atoms with van der Waals surface area (Å²) >= 11 is 0. The molecule has 0 heterocycles. The van der Waals surface area contributed by atoms with E-state index in [4.69, 9.17) is 0 Å².